The number of nitrogens with one attached hydrogen (secondary N) is 2. The van der Waals surface area contributed by atoms with Crippen molar-refractivity contribution >= 4 is 5.91 Å². The first-order valence-electron chi connectivity index (χ1n) is 5.75. The molecule has 1 aromatic heterocycles. The summed E-state index contributed by atoms with van der Waals surface area (Å²) >= 11 is 0. The van der Waals surface area contributed by atoms with Gasteiger partial charge in [0.05, 0.1) is 0 Å². The number of piperidine rings is 1. The van der Waals surface area contributed by atoms with Crippen LogP contribution >= 0.6 is 0 Å². The average Bonchev–Trinajstić information content (AvgIpc) is 2.59. The zero-order chi connectivity index (χ0) is 11.5. The van der Waals surface area contributed by atoms with E-state index >= 15 is 0 Å². The lowest BCUT2D eigenvalue weighted by molar-refractivity contribution is 0.0900. The minimum absolute atomic E-state index is 0.0979. The summed E-state index contributed by atoms with van der Waals surface area (Å²) in [5.74, 6) is 1.13. The molecule has 4 heteroatoms. The summed E-state index contributed by atoms with van der Waals surface area (Å²) in [5.41, 5.74) is 0.902. The second kappa shape index (κ2) is 4.70. The van der Waals surface area contributed by atoms with Gasteiger partial charge in [0.15, 0.2) is 5.76 Å². The molecule has 0 bridgehead atoms. The van der Waals surface area contributed by atoms with Crippen molar-refractivity contribution in [3.63, 3.8) is 0 Å². The SMILES string of the molecule is Cc1cc(C)c(C(=O)N[C@H]2CCCNC2)o1. The summed E-state index contributed by atoms with van der Waals surface area (Å²) in [6.45, 7) is 5.65. The van der Waals surface area contributed by atoms with Crippen molar-refractivity contribution < 1.29 is 9.21 Å². The van der Waals surface area contributed by atoms with Gasteiger partial charge < -0.3 is 15.1 Å². The second-order valence-corrected chi connectivity index (χ2v) is 4.39. The van der Waals surface area contributed by atoms with E-state index in [1.165, 1.54) is 0 Å². The molecule has 1 aliphatic rings. The maximum absolute atomic E-state index is 11.9. The minimum atomic E-state index is -0.0979. The van der Waals surface area contributed by atoms with Crippen molar-refractivity contribution in [1.82, 2.24) is 10.6 Å². The van der Waals surface area contributed by atoms with Crippen LogP contribution in [-0.2, 0) is 0 Å². The number of rotatable bonds is 2. The highest BCUT2D eigenvalue weighted by Crippen LogP contribution is 2.14. The summed E-state index contributed by atoms with van der Waals surface area (Å²) in [6, 6.07) is 2.11. The number of amides is 1. The Hall–Kier alpha value is -1.29. The summed E-state index contributed by atoms with van der Waals surface area (Å²) in [6.07, 6.45) is 2.15. The van der Waals surface area contributed by atoms with Gasteiger partial charge in [-0.25, -0.2) is 0 Å². The zero-order valence-electron chi connectivity index (χ0n) is 9.80. The molecular weight excluding hydrogens is 204 g/mol. The Bertz CT molecular complexity index is 378. The number of carbonyl (C=O) groups excluding carboxylic acids is 1. The summed E-state index contributed by atoms with van der Waals surface area (Å²) in [5, 5.41) is 6.26. The average molecular weight is 222 g/mol. The van der Waals surface area contributed by atoms with Crippen LogP contribution in [0, 0.1) is 13.8 Å². The molecule has 1 atom stereocenters. The molecule has 1 saturated heterocycles. The Balaban J connectivity index is 1.99. The normalized spacial score (nSPS) is 20.8. The van der Waals surface area contributed by atoms with Crippen LogP contribution < -0.4 is 10.6 Å². The van der Waals surface area contributed by atoms with Crippen LogP contribution in [0.5, 0.6) is 0 Å². The third-order valence-electron chi connectivity index (χ3n) is 2.88. The minimum Gasteiger partial charge on any atom is -0.456 e. The van der Waals surface area contributed by atoms with Gasteiger partial charge in [0.2, 0.25) is 0 Å². The number of aryl methyl sites for hydroxylation is 2. The summed E-state index contributed by atoms with van der Waals surface area (Å²) in [4.78, 5) is 11.9. The smallest absolute Gasteiger partial charge is 0.287 e. The highest BCUT2D eigenvalue weighted by atomic mass is 16.3. The number of hydrogen-bond acceptors (Lipinski definition) is 3. The molecule has 1 fully saturated rings. The molecule has 0 aliphatic carbocycles. The van der Waals surface area contributed by atoms with Crippen molar-refractivity contribution in [2.24, 2.45) is 0 Å². The Labute approximate surface area is 95.4 Å². The second-order valence-electron chi connectivity index (χ2n) is 4.39. The van der Waals surface area contributed by atoms with E-state index in [4.69, 9.17) is 4.42 Å². The third kappa shape index (κ3) is 2.44. The van der Waals surface area contributed by atoms with Crippen LogP contribution in [-0.4, -0.2) is 25.0 Å². The highest BCUT2D eigenvalue weighted by Gasteiger charge is 2.19. The molecule has 0 aromatic carbocycles. The van der Waals surface area contributed by atoms with E-state index in [2.05, 4.69) is 10.6 Å². The van der Waals surface area contributed by atoms with Crippen molar-refractivity contribution in [1.29, 1.82) is 0 Å². The van der Waals surface area contributed by atoms with E-state index in [0.717, 1.165) is 37.3 Å². The molecule has 0 saturated carbocycles. The van der Waals surface area contributed by atoms with Crippen LogP contribution in [0.3, 0.4) is 0 Å². The molecule has 16 heavy (non-hydrogen) atoms. The summed E-state index contributed by atoms with van der Waals surface area (Å²) < 4.78 is 5.39. The van der Waals surface area contributed by atoms with E-state index in [9.17, 15) is 4.79 Å². The van der Waals surface area contributed by atoms with Crippen LogP contribution in [0.25, 0.3) is 0 Å². The molecule has 0 unspecified atom stereocenters. The molecule has 88 valence electrons. The predicted molar refractivity (Wildman–Crippen MR) is 61.5 cm³/mol. The zero-order valence-corrected chi connectivity index (χ0v) is 9.80. The van der Waals surface area contributed by atoms with Gasteiger partial charge in [-0.05, 0) is 39.3 Å². The van der Waals surface area contributed by atoms with E-state index in [1.807, 2.05) is 19.9 Å². The van der Waals surface area contributed by atoms with E-state index < -0.39 is 0 Å². The Morgan fingerprint density at radius 1 is 1.56 bits per heavy atom. The number of carbonyl (C=O) groups is 1. The van der Waals surface area contributed by atoms with Gasteiger partial charge >= 0.3 is 0 Å². The Kier molecular flexibility index (Phi) is 3.29. The van der Waals surface area contributed by atoms with Crippen molar-refractivity contribution in [2.75, 3.05) is 13.1 Å². The predicted octanol–water partition coefficient (Wildman–Crippen LogP) is 1.38. The molecule has 0 radical (unpaired) electrons. The third-order valence-corrected chi connectivity index (χ3v) is 2.88. The lowest BCUT2D eigenvalue weighted by atomic mass is 10.1. The first-order valence-corrected chi connectivity index (χ1v) is 5.75. The van der Waals surface area contributed by atoms with Gasteiger partial charge in [-0.3, -0.25) is 4.79 Å². The maximum atomic E-state index is 11.9. The van der Waals surface area contributed by atoms with Gasteiger partial charge in [-0.1, -0.05) is 0 Å². The molecule has 2 heterocycles. The fourth-order valence-corrected chi connectivity index (χ4v) is 2.09. The largest absolute Gasteiger partial charge is 0.456 e. The molecule has 2 N–H and O–H groups in total. The monoisotopic (exact) mass is 222 g/mol. The quantitative estimate of drug-likeness (QED) is 0.794. The fourth-order valence-electron chi connectivity index (χ4n) is 2.09. The first kappa shape index (κ1) is 11.2. The van der Waals surface area contributed by atoms with Crippen molar-refractivity contribution in [2.45, 2.75) is 32.7 Å². The van der Waals surface area contributed by atoms with Crippen LogP contribution in [0.15, 0.2) is 10.5 Å². The lowest BCUT2D eigenvalue weighted by Gasteiger charge is -2.23. The molecule has 0 spiro atoms. The van der Waals surface area contributed by atoms with E-state index in [1.54, 1.807) is 0 Å². The first-order chi connectivity index (χ1) is 7.66. The van der Waals surface area contributed by atoms with Gasteiger partial charge in [-0.15, -0.1) is 0 Å². The summed E-state index contributed by atoms with van der Waals surface area (Å²) in [7, 11) is 0. The highest BCUT2D eigenvalue weighted by molar-refractivity contribution is 5.93. The topological polar surface area (TPSA) is 54.3 Å². The number of hydrogen-bond donors (Lipinski definition) is 2. The van der Waals surface area contributed by atoms with Crippen LogP contribution in [0.4, 0.5) is 0 Å². The van der Waals surface area contributed by atoms with Gasteiger partial charge in [0, 0.05) is 18.2 Å². The Morgan fingerprint density at radius 2 is 2.38 bits per heavy atom. The molecule has 1 aliphatic heterocycles. The Morgan fingerprint density at radius 3 is 2.94 bits per heavy atom. The maximum Gasteiger partial charge on any atom is 0.287 e. The van der Waals surface area contributed by atoms with E-state index in [-0.39, 0.29) is 11.9 Å². The van der Waals surface area contributed by atoms with Gasteiger partial charge in [-0.2, -0.15) is 0 Å². The number of furan rings is 1. The molecule has 2 rings (SSSR count). The van der Waals surface area contributed by atoms with Gasteiger partial charge in [0.1, 0.15) is 5.76 Å². The van der Waals surface area contributed by atoms with E-state index in [0.29, 0.717) is 5.76 Å². The molecular formula is C12H18N2O2. The van der Waals surface area contributed by atoms with Crippen molar-refractivity contribution in [3.05, 3.63) is 23.2 Å². The lowest BCUT2D eigenvalue weighted by Crippen LogP contribution is -2.45. The standard InChI is InChI=1S/C12H18N2O2/c1-8-6-9(2)16-11(8)12(15)14-10-4-3-5-13-7-10/h6,10,13H,3-5,7H2,1-2H3,(H,14,15)/t10-/m0/s1. The van der Waals surface area contributed by atoms with Crippen LogP contribution in [0.2, 0.25) is 0 Å². The fraction of sp³-hybridized carbons (Fsp3) is 0.583. The van der Waals surface area contributed by atoms with Gasteiger partial charge in [0.25, 0.3) is 5.91 Å². The molecule has 4 nitrogen and oxygen atoms in total. The van der Waals surface area contributed by atoms with Crippen molar-refractivity contribution in [3.8, 4) is 0 Å². The van der Waals surface area contributed by atoms with Crippen LogP contribution in [0.1, 0.15) is 34.7 Å². The molecule has 1 amide bonds. The molecule has 1 aromatic rings.